The van der Waals surface area contributed by atoms with Gasteiger partial charge in [0.2, 0.25) is 11.7 Å². The molecule has 0 unspecified atom stereocenters. The van der Waals surface area contributed by atoms with Gasteiger partial charge in [-0.15, -0.1) is 0 Å². The van der Waals surface area contributed by atoms with Crippen LogP contribution in [-0.2, 0) is 5.54 Å². The Morgan fingerprint density at radius 1 is 1.17 bits per heavy atom. The first-order chi connectivity index (χ1) is 8.78. The van der Waals surface area contributed by atoms with Crippen molar-refractivity contribution < 1.29 is 4.52 Å². The van der Waals surface area contributed by atoms with Gasteiger partial charge in [-0.25, -0.2) is 4.98 Å². The predicted molar refractivity (Wildman–Crippen MR) is 64.3 cm³/mol. The Hall–Kier alpha value is -1.82. The average molecular weight is 245 g/mol. The molecular formula is C12H15N5O. The van der Waals surface area contributed by atoms with Gasteiger partial charge in [0.1, 0.15) is 5.69 Å². The molecule has 1 aliphatic rings. The van der Waals surface area contributed by atoms with Crippen LogP contribution in [0.25, 0.3) is 11.5 Å². The predicted octanol–water partition coefficient (Wildman–Crippen LogP) is 1.64. The molecule has 1 saturated carbocycles. The molecule has 0 bridgehead atoms. The first-order valence-electron chi connectivity index (χ1n) is 6.17. The van der Waals surface area contributed by atoms with E-state index < -0.39 is 5.54 Å². The minimum absolute atomic E-state index is 0.452. The fourth-order valence-electron chi connectivity index (χ4n) is 2.34. The van der Waals surface area contributed by atoms with Gasteiger partial charge in [-0.1, -0.05) is 24.4 Å². The van der Waals surface area contributed by atoms with Crippen molar-refractivity contribution in [3.63, 3.8) is 0 Å². The smallest absolute Gasteiger partial charge is 0.247 e. The van der Waals surface area contributed by atoms with Crippen LogP contribution in [0.15, 0.2) is 23.1 Å². The molecular weight excluding hydrogens is 230 g/mol. The molecule has 18 heavy (non-hydrogen) atoms. The van der Waals surface area contributed by atoms with Crippen LogP contribution >= 0.6 is 0 Å². The van der Waals surface area contributed by atoms with Crippen LogP contribution < -0.4 is 5.73 Å². The second-order valence-corrected chi connectivity index (χ2v) is 4.73. The van der Waals surface area contributed by atoms with Gasteiger partial charge in [-0.2, -0.15) is 4.98 Å². The number of nitrogens with two attached hydrogens (primary N) is 1. The molecule has 6 nitrogen and oxygen atoms in total. The number of rotatable bonds is 2. The van der Waals surface area contributed by atoms with Crippen molar-refractivity contribution in [1.29, 1.82) is 0 Å². The highest BCUT2D eigenvalue weighted by Gasteiger charge is 2.35. The van der Waals surface area contributed by atoms with Crippen LogP contribution in [0.5, 0.6) is 0 Å². The Morgan fingerprint density at radius 2 is 2.00 bits per heavy atom. The largest absolute Gasteiger partial charge is 0.337 e. The van der Waals surface area contributed by atoms with Crippen LogP contribution in [0.3, 0.4) is 0 Å². The molecule has 0 spiro atoms. The monoisotopic (exact) mass is 245 g/mol. The van der Waals surface area contributed by atoms with E-state index in [0.29, 0.717) is 17.4 Å². The zero-order chi connectivity index (χ0) is 12.4. The fourth-order valence-corrected chi connectivity index (χ4v) is 2.34. The molecule has 94 valence electrons. The summed E-state index contributed by atoms with van der Waals surface area (Å²) in [6, 6.07) is 0. The average Bonchev–Trinajstić information content (AvgIpc) is 2.91. The Labute approximate surface area is 105 Å². The van der Waals surface area contributed by atoms with Gasteiger partial charge in [-0.05, 0) is 12.8 Å². The molecule has 1 aliphatic carbocycles. The standard InChI is InChI=1S/C12H15N5O/c13-12(4-2-1-3-5-12)11-16-10(17-18-11)9-8-14-6-7-15-9/h6-8H,1-5,13H2. The lowest BCUT2D eigenvalue weighted by Crippen LogP contribution is -2.38. The maximum Gasteiger partial charge on any atom is 0.247 e. The molecule has 2 N–H and O–H groups in total. The highest BCUT2D eigenvalue weighted by Crippen LogP contribution is 2.34. The van der Waals surface area contributed by atoms with Crippen molar-refractivity contribution in [2.24, 2.45) is 5.73 Å². The van der Waals surface area contributed by atoms with E-state index in [1.165, 1.54) is 6.42 Å². The summed E-state index contributed by atoms with van der Waals surface area (Å²) >= 11 is 0. The van der Waals surface area contributed by atoms with Gasteiger partial charge in [-0.3, -0.25) is 4.98 Å². The van der Waals surface area contributed by atoms with Crippen molar-refractivity contribution in [2.75, 3.05) is 0 Å². The number of aromatic nitrogens is 4. The Bertz CT molecular complexity index is 518. The van der Waals surface area contributed by atoms with E-state index >= 15 is 0 Å². The third kappa shape index (κ3) is 1.99. The van der Waals surface area contributed by atoms with Crippen LogP contribution in [-0.4, -0.2) is 20.1 Å². The summed E-state index contributed by atoms with van der Waals surface area (Å²) in [5.74, 6) is 0.969. The number of nitrogens with zero attached hydrogens (tertiary/aromatic N) is 4. The van der Waals surface area contributed by atoms with Gasteiger partial charge in [0.15, 0.2) is 0 Å². The van der Waals surface area contributed by atoms with Gasteiger partial charge < -0.3 is 10.3 Å². The van der Waals surface area contributed by atoms with Crippen LogP contribution in [0.1, 0.15) is 38.0 Å². The topological polar surface area (TPSA) is 90.7 Å². The second-order valence-electron chi connectivity index (χ2n) is 4.73. The summed E-state index contributed by atoms with van der Waals surface area (Å²) in [4.78, 5) is 12.5. The Kier molecular flexibility index (Phi) is 2.79. The van der Waals surface area contributed by atoms with E-state index in [1.807, 2.05) is 0 Å². The molecule has 0 atom stereocenters. The lowest BCUT2D eigenvalue weighted by atomic mass is 9.82. The summed E-state index contributed by atoms with van der Waals surface area (Å²) in [6.07, 6.45) is 10.1. The van der Waals surface area contributed by atoms with Crippen LogP contribution in [0.2, 0.25) is 0 Å². The summed E-state index contributed by atoms with van der Waals surface area (Å²) in [6.45, 7) is 0. The lowest BCUT2D eigenvalue weighted by Gasteiger charge is -2.29. The summed E-state index contributed by atoms with van der Waals surface area (Å²) in [7, 11) is 0. The van der Waals surface area contributed by atoms with E-state index in [2.05, 4.69) is 20.1 Å². The molecule has 2 aromatic rings. The maximum absolute atomic E-state index is 6.34. The number of hydrogen-bond acceptors (Lipinski definition) is 6. The van der Waals surface area contributed by atoms with E-state index in [-0.39, 0.29) is 0 Å². The van der Waals surface area contributed by atoms with Crippen molar-refractivity contribution >= 4 is 0 Å². The van der Waals surface area contributed by atoms with E-state index in [4.69, 9.17) is 10.3 Å². The molecule has 1 fully saturated rings. The highest BCUT2D eigenvalue weighted by atomic mass is 16.5. The van der Waals surface area contributed by atoms with Crippen LogP contribution in [0, 0.1) is 0 Å². The molecule has 3 rings (SSSR count). The third-order valence-electron chi connectivity index (χ3n) is 3.39. The summed E-state index contributed by atoms with van der Waals surface area (Å²) in [5, 5.41) is 3.94. The third-order valence-corrected chi connectivity index (χ3v) is 3.39. The quantitative estimate of drug-likeness (QED) is 0.864. The van der Waals surface area contributed by atoms with Crippen molar-refractivity contribution in [1.82, 2.24) is 20.1 Å². The first-order valence-corrected chi connectivity index (χ1v) is 6.17. The molecule has 0 amide bonds. The lowest BCUT2D eigenvalue weighted by molar-refractivity contribution is 0.220. The first kappa shape index (κ1) is 11.3. The van der Waals surface area contributed by atoms with Crippen molar-refractivity contribution in [2.45, 2.75) is 37.6 Å². The molecule has 0 saturated heterocycles. The number of hydrogen-bond donors (Lipinski definition) is 1. The molecule has 2 aromatic heterocycles. The van der Waals surface area contributed by atoms with Gasteiger partial charge in [0.05, 0.1) is 11.7 Å². The van der Waals surface area contributed by atoms with E-state index in [9.17, 15) is 0 Å². The summed E-state index contributed by atoms with van der Waals surface area (Å²) in [5.41, 5.74) is 6.48. The van der Waals surface area contributed by atoms with E-state index in [0.717, 1.165) is 25.7 Å². The van der Waals surface area contributed by atoms with Crippen molar-refractivity contribution in [3.05, 3.63) is 24.5 Å². The normalized spacial score (nSPS) is 18.7. The zero-order valence-corrected chi connectivity index (χ0v) is 10.0. The Morgan fingerprint density at radius 3 is 2.72 bits per heavy atom. The van der Waals surface area contributed by atoms with Crippen molar-refractivity contribution in [3.8, 4) is 11.5 Å². The van der Waals surface area contributed by atoms with Gasteiger partial charge in [0.25, 0.3) is 0 Å². The van der Waals surface area contributed by atoms with Gasteiger partial charge >= 0.3 is 0 Å². The molecule has 0 radical (unpaired) electrons. The minimum Gasteiger partial charge on any atom is -0.337 e. The fraction of sp³-hybridized carbons (Fsp3) is 0.500. The second kappa shape index (κ2) is 4.45. The van der Waals surface area contributed by atoms with Gasteiger partial charge in [0, 0.05) is 12.4 Å². The van der Waals surface area contributed by atoms with Crippen LogP contribution in [0.4, 0.5) is 0 Å². The van der Waals surface area contributed by atoms with E-state index in [1.54, 1.807) is 18.6 Å². The highest BCUT2D eigenvalue weighted by molar-refractivity contribution is 5.45. The Balaban J connectivity index is 1.89. The summed E-state index contributed by atoms with van der Waals surface area (Å²) < 4.78 is 5.31. The maximum atomic E-state index is 6.34. The minimum atomic E-state index is -0.467. The molecule has 2 heterocycles. The molecule has 0 aromatic carbocycles. The molecule has 6 heteroatoms. The molecule has 0 aliphatic heterocycles. The SMILES string of the molecule is NC1(c2nc(-c3cnccn3)no2)CCCCC1. The zero-order valence-electron chi connectivity index (χ0n) is 10.0.